The zero-order valence-electron chi connectivity index (χ0n) is 11.3. The maximum atomic E-state index is 11.0. The number of carbonyl (C=O) groups is 1. The predicted molar refractivity (Wildman–Crippen MR) is 80.7 cm³/mol. The van der Waals surface area contributed by atoms with Crippen molar-refractivity contribution in [3.63, 3.8) is 0 Å². The monoisotopic (exact) mass is 290 g/mol. The molecule has 0 aliphatic rings. The second kappa shape index (κ2) is 6.65. The van der Waals surface area contributed by atoms with Gasteiger partial charge in [-0.05, 0) is 24.1 Å². The lowest BCUT2D eigenvalue weighted by Gasteiger charge is -2.14. The van der Waals surface area contributed by atoms with Crippen molar-refractivity contribution in [3.8, 4) is 0 Å². The number of amides is 1. The summed E-state index contributed by atoms with van der Waals surface area (Å²) in [5.74, 6) is -0.410. The molecule has 1 unspecified atom stereocenters. The van der Waals surface area contributed by atoms with Gasteiger partial charge < -0.3 is 16.2 Å². The van der Waals surface area contributed by atoms with Crippen LogP contribution in [-0.2, 0) is 6.54 Å². The Morgan fingerprint density at radius 2 is 2.20 bits per heavy atom. The van der Waals surface area contributed by atoms with E-state index < -0.39 is 12.0 Å². The topological polar surface area (TPSA) is 75.3 Å². The molecule has 2 rings (SSSR count). The number of rotatable bonds is 6. The molecule has 1 aromatic carbocycles. The normalized spacial score (nSPS) is 12.3. The first kappa shape index (κ1) is 14.7. The molecule has 4 nitrogen and oxygen atoms in total. The third-order valence-electron chi connectivity index (χ3n) is 3.12. The largest absolute Gasteiger partial charge is 0.387 e. The smallest absolute Gasteiger partial charge is 0.249 e. The molecule has 0 aliphatic heterocycles. The molecular formula is C15H18N2O2S. The Morgan fingerprint density at radius 3 is 2.85 bits per heavy atom. The Kier molecular flexibility index (Phi) is 4.89. The van der Waals surface area contributed by atoms with Crippen molar-refractivity contribution in [1.29, 1.82) is 0 Å². The predicted octanol–water partition coefficient (Wildman–Crippen LogP) is 1.98. The molecule has 106 valence electrons. The van der Waals surface area contributed by atoms with E-state index in [0.717, 1.165) is 16.0 Å². The average molecular weight is 290 g/mol. The summed E-state index contributed by atoms with van der Waals surface area (Å²) in [5, 5.41) is 15.1. The number of benzene rings is 1. The van der Waals surface area contributed by atoms with Gasteiger partial charge in [0, 0.05) is 23.3 Å². The van der Waals surface area contributed by atoms with Crippen LogP contribution in [-0.4, -0.2) is 17.6 Å². The number of aryl methyl sites for hydroxylation is 1. The number of hydrogen-bond acceptors (Lipinski definition) is 4. The fourth-order valence-electron chi connectivity index (χ4n) is 2.01. The Hall–Kier alpha value is -1.69. The summed E-state index contributed by atoms with van der Waals surface area (Å²) in [6.45, 7) is 3.06. The van der Waals surface area contributed by atoms with Gasteiger partial charge >= 0.3 is 0 Å². The lowest BCUT2D eigenvalue weighted by molar-refractivity contribution is 0.100. The number of hydrogen-bond donors (Lipinski definition) is 3. The second-order valence-electron chi connectivity index (χ2n) is 4.67. The van der Waals surface area contributed by atoms with Crippen LogP contribution >= 0.6 is 11.3 Å². The van der Waals surface area contributed by atoms with Crippen LogP contribution in [0.5, 0.6) is 0 Å². The zero-order chi connectivity index (χ0) is 14.5. The summed E-state index contributed by atoms with van der Waals surface area (Å²) in [4.78, 5) is 12.0. The van der Waals surface area contributed by atoms with E-state index in [-0.39, 0.29) is 0 Å². The quantitative estimate of drug-likeness (QED) is 0.761. The molecule has 0 fully saturated rings. The molecule has 0 saturated heterocycles. The van der Waals surface area contributed by atoms with Crippen LogP contribution in [0.3, 0.4) is 0 Å². The average Bonchev–Trinajstić information content (AvgIpc) is 2.88. The number of aliphatic hydroxyl groups is 1. The van der Waals surface area contributed by atoms with E-state index >= 15 is 0 Å². The number of aliphatic hydroxyl groups excluding tert-OH is 1. The molecule has 5 heteroatoms. The van der Waals surface area contributed by atoms with Crippen LogP contribution in [0.1, 0.15) is 32.5 Å². The lowest BCUT2D eigenvalue weighted by atomic mass is 10.0. The van der Waals surface area contributed by atoms with Crippen molar-refractivity contribution in [3.05, 3.63) is 57.3 Å². The van der Waals surface area contributed by atoms with Gasteiger partial charge in [0.25, 0.3) is 0 Å². The van der Waals surface area contributed by atoms with Crippen molar-refractivity contribution in [2.75, 3.05) is 6.54 Å². The van der Waals surface area contributed by atoms with Gasteiger partial charge in [-0.1, -0.05) is 24.3 Å². The molecule has 0 bridgehead atoms. The molecule has 1 heterocycles. The molecule has 4 N–H and O–H groups in total. The second-order valence-corrected chi connectivity index (χ2v) is 5.67. The van der Waals surface area contributed by atoms with E-state index in [1.165, 1.54) is 11.3 Å². The SMILES string of the molecule is Cc1ccccc1C(O)CNCc1cc(C(N)=O)cs1. The molecule has 0 radical (unpaired) electrons. The van der Waals surface area contributed by atoms with E-state index in [1.807, 2.05) is 31.2 Å². The van der Waals surface area contributed by atoms with Gasteiger partial charge in [-0.25, -0.2) is 0 Å². The third-order valence-corrected chi connectivity index (χ3v) is 4.06. The van der Waals surface area contributed by atoms with Crippen molar-refractivity contribution >= 4 is 17.2 Å². The van der Waals surface area contributed by atoms with Gasteiger partial charge in [-0.3, -0.25) is 4.79 Å². The van der Waals surface area contributed by atoms with E-state index in [2.05, 4.69) is 5.32 Å². The molecule has 1 atom stereocenters. The fourth-order valence-corrected chi connectivity index (χ4v) is 2.85. The van der Waals surface area contributed by atoms with E-state index in [9.17, 15) is 9.90 Å². The minimum atomic E-state index is -0.535. The van der Waals surface area contributed by atoms with E-state index in [0.29, 0.717) is 18.7 Å². The van der Waals surface area contributed by atoms with Gasteiger partial charge in [0.1, 0.15) is 0 Å². The van der Waals surface area contributed by atoms with Crippen LogP contribution in [0.25, 0.3) is 0 Å². The highest BCUT2D eigenvalue weighted by Crippen LogP contribution is 2.17. The summed E-state index contributed by atoms with van der Waals surface area (Å²) < 4.78 is 0. The van der Waals surface area contributed by atoms with Crippen LogP contribution < -0.4 is 11.1 Å². The van der Waals surface area contributed by atoms with Crippen LogP contribution in [0.4, 0.5) is 0 Å². The molecule has 1 amide bonds. The maximum absolute atomic E-state index is 11.0. The van der Waals surface area contributed by atoms with E-state index in [4.69, 9.17) is 5.73 Å². The van der Waals surface area contributed by atoms with Gasteiger partial charge in [-0.2, -0.15) is 0 Å². The summed E-state index contributed by atoms with van der Waals surface area (Å²) in [5.41, 5.74) is 7.75. The Labute approximate surface area is 122 Å². The van der Waals surface area contributed by atoms with Crippen LogP contribution in [0.15, 0.2) is 35.7 Å². The molecule has 0 aliphatic carbocycles. The van der Waals surface area contributed by atoms with Gasteiger partial charge in [-0.15, -0.1) is 11.3 Å². The molecule has 0 spiro atoms. The maximum Gasteiger partial charge on any atom is 0.249 e. The number of primary amides is 1. The summed E-state index contributed by atoms with van der Waals surface area (Å²) in [6, 6.07) is 9.56. The zero-order valence-corrected chi connectivity index (χ0v) is 12.1. The first-order valence-electron chi connectivity index (χ1n) is 6.39. The van der Waals surface area contributed by atoms with Gasteiger partial charge in [0.2, 0.25) is 5.91 Å². The van der Waals surface area contributed by atoms with Crippen molar-refractivity contribution in [2.45, 2.75) is 19.6 Å². The highest BCUT2D eigenvalue weighted by molar-refractivity contribution is 7.10. The minimum absolute atomic E-state index is 0.410. The minimum Gasteiger partial charge on any atom is -0.387 e. The molecule has 20 heavy (non-hydrogen) atoms. The highest BCUT2D eigenvalue weighted by Gasteiger charge is 2.10. The van der Waals surface area contributed by atoms with Crippen molar-refractivity contribution in [1.82, 2.24) is 5.32 Å². The summed E-state index contributed by atoms with van der Waals surface area (Å²) in [6.07, 6.45) is -0.535. The summed E-state index contributed by atoms with van der Waals surface area (Å²) in [7, 11) is 0. The highest BCUT2D eigenvalue weighted by atomic mass is 32.1. The molecule has 1 aromatic heterocycles. The first-order valence-corrected chi connectivity index (χ1v) is 7.27. The third kappa shape index (κ3) is 3.66. The standard InChI is InChI=1S/C15H18N2O2S/c1-10-4-2-3-5-13(10)14(18)8-17-7-12-6-11(9-20-12)15(16)19/h2-6,9,14,17-18H,7-8H2,1H3,(H2,16,19). The van der Waals surface area contributed by atoms with Gasteiger partial charge in [0.05, 0.1) is 11.7 Å². The van der Waals surface area contributed by atoms with Crippen LogP contribution in [0.2, 0.25) is 0 Å². The Morgan fingerprint density at radius 1 is 1.45 bits per heavy atom. The molecular weight excluding hydrogens is 272 g/mol. The molecule has 0 saturated carbocycles. The summed E-state index contributed by atoms with van der Waals surface area (Å²) >= 11 is 1.48. The van der Waals surface area contributed by atoms with Crippen molar-refractivity contribution in [2.24, 2.45) is 5.73 Å². The van der Waals surface area contributed by atoms with Crippen LogP contribution in [0, 0.1) is 6.92 Å². The Balaban J connectivity index is 1.86. The Bertz CT molecular complexity index is 595. The molecule has 2 aromatic rings. The number of carbonyl (C=O) groups excluding carboxylic acids is 1. The number of nitrogens with two attached hydrogens (primary N) is 1. The first-order chi connectivity index (χ1) is 9.58. The lowest BCUT2D eigenvalue weighted by Crippen LogP contribution is -2.21. The van der Waals surface area contributed by atoms with Gasteiger partial charge in [0.15, 0.2) is 0 Å². The number of thiophene rings is 1. The van der Waals surface area contributed by atoms with E-state index in [1.54, 1.807) is 11.4 Å². The van der Waals surface area contributed by atoms with Crippen molar-refractivity contribution < 1.29 is 9.90 Å². The fraction of sp³-hybridized carbons (Fsp3) is 0.267. The number of nitrogens with one attached hydrogen (secondary N) is 1.